The van der Waals surface area contributed by atoms with Crippen molar-refractivity contribution in [2.75, 3.05) is 0 Å². The van der Waals surface area contributed by atoms with Crippen LogP contribution in [0.2, 0.25) is 0 Å². The Kier molecular flexibility index (Phi) is 7.60. The normalized spacial score (nSPS) is 11.1. The molecule has 0 aliphatic heterocycles. The number of aryl methyl sites for hydroxylation is 2. The van der Waals surface area contributed by atoms with Crippen molar-refractivity contribution in [2.45, 2.75) is 13.8 Å². The van der Waals surface area contributed by atoms with Gasteiger partial charge in [0.05, 0.1) is 17.1 Å². The lowest BCUT2D eigenvalue weighted by Crippen LogP contribution is -1.97. The molecule has 4 heteroatoms. The Morgan fingerprint density at radius 1 is 0.354 bits per heavy atom. The van der Waals surface area contributed by atoms with E-state index in [1.807, 2.05) is 56.3 Å². The van der Waals surface area contributed by atoms with E-state index in [1.54, 1.807) is 0 Å². The molecule has 0 saturated carbocycles. The summed E-state index contributed by atoms with van der Waals surface area (Å²) in [6.07, 6.45) is 0. The summed E-state index contributed by atoms with van der Waals surface area (Å²) in [5, 5.41) is 2.40. The van der Waals surface area contributed by atoms with Gasteiger partial charge in [0, 0.05) is 27.9 Å². The highest BCUT2D eigenvalue weighted by atomic mass is 14.9. The summed E-state index contributed by atoms with van der Waals surface area (Å²) < 4.78 is 0. The van der Waals surface area contributed by atoms with Crippen LogP contribution in [0.4, 0.5) is 0 Å². The molecule has 8 rings (SSSR count). The zero-order valence-corrected chi connectivity index (χ0v) is 26.8. The molecule has 8 aromatic rings. The summed E-state index contributed by atoms with van der Waals surface area (Å²) in [5.74, 6) is 1.44. The van der Waals surface area contributed by atoms with Gasteiger partial charge in [-0.15, -0.1) is 0 Å². The quantitative estimate of drug-likeness (QED) is 0.186. The first-order valence-corrected chi connectivity index (χ1v) is 16.1. The summed E-state index contributed by atoms with van der Waals surface area (Å²) in [6, 6.07) is 55.1. The molecule has 0 radical (unpaired) electrons. The van der Waals surface area contributed by atoms with E-state index in [0.29, 0.717) is 5.82 Å². The first-order chi connectivity index (χ1) is 23.6. The highest BCUT2D eigenvalue weighted by Crippen LogP contribution is 2.37. The van der Waals surface area contributed by atoms with Crippen LogP contribution in [0.1, 0.15) is 11.5 Å². The summed E-state index contributed by atoms with van der Waals surface area (Å²) >= 11 is 0. The monoisotopic (exact) mass is 616 g/mol. The largest absolute Gasteiger partial charge is 0.239 e. The van der Waals surface area contributed by atoms with Crippen LogP contribution in [0.3, 0.4) is 0 Å². The highest BCUT2D eigenvalue weighted by molar-refractivity contribution is 5.98. The lowest BCUT2D eigenvalue weighted by Gasteiger charge is -2.14. The first-order valence-electron chi connectivity index (χ1n) is 16.1. The Hall–Kier alpha value is -6.26. The Labute approximate surface area is 280 Å². The van der Waals surface area contributed by atoms with Crippen molar-refractivity contribution in [1.82, 2.24) is 19.9 Å². The number of benzene rings is 6. The molecule has 0 atom stereocenters. The third kappa shape index (κ3) is 5.88. The van der Waals surface area contributed by atoms with Gasteiger partial charge in [0.1, 0.15) is 5.82 Å². The number of nitrogens with zero attached hydrogens (tertiary/aromatic N) is 4. The van der Waals surface area contributed by atoms with Crippen LogP contribution >= 0.6 is 0 Å². The van der Waals surface area contributed by atoms with Gasteiger partial charge in [-0.05, 0) is 83.3 Å². The van der Waals surface area contributed by atoms with Crippen molar-refractivity contribution in [3.63, 3.8) is 0 Å². The SMILES string of the molecule is Cc1cc(-c2cccc(-c3cc(-c4nc(-c5ccccc5)cc(-c5ccccc5)n4)cc(-c4cccc5ccccc45)c3)c2)nc(C)n1. The van der Waals surface area contributed by atoms with Gasteiger partial charge in [0.15, 0.2) is 5.82 Å². The van der Waals surface area contributed by atoms with E-state index in [2.05, 4.69) is 120 Å². The number of rotatable bonds is 6. The second-order valence-electron chi connectivity index (χ2n) is 12.0. The lowest BCUT2D eigenvalue weighted by atomic mass is 9.92. The summed E-state index contributed by atoms with van der Waals surface area (Å²) in [7, 11) is 0. The highest BCUT2D eigenvalue weighted by Gasteiger charge is 2.15. The molecule has 0 saturated heterocycles. The second-order valence-corrected chi connectivity index (χ2v) is 12.0. The molecule has 0 bridgehead atoms. The minimum atomic E-state index is 0.678. The van der Waals surface area contributed by atoms with Crippen molar-refractivity contribution in [3.05, 3.63) is 169 Å². The van der Waals surface area contributed by atoms with Crippen LogP contribution in [0.25, 0.3) is 78.2 Å². The van der Waals surface area contributed by atoms with Gasteiger partial charge in [-0.3, -0.25) is 0 Å². The summed E-state index contributed by atoms with van der Waals surface area (Å²) in [4.78, 5) is 19.6. The van der Waals surface area contributed by atoms with Crippen molar-refractivity contribution < 1.29 is 0 Å². The topological polar surface area (TPSA) is 51.6 Å². The molecule has 48 heavy (non-hydrogen) atoms. The smallest absolute Gasteiger partial charge is 0.160 e. The average Bonchev–Trinajstić information content (AvgIpc) is 3.14. The standard InChI is InChI=1S/C44H32N4/c1-29-23-41(46-30(2)45-29)35-20-11-19-34(24-35)36-25-37(40-22-12-18-31-13-9-10-21-39(31)40)27-38(26-36)44-47-42(32-14-5-3-6-15-32)28-43(48-44)33-16-7-4-8-17-33/h3-28H,1-2H3. The van der Waals surface area contributed by atoms with Gasteiger partial charge in [-0.2, -0.15) is 0 Å². The fourth-order valence-corrected chi connectivity index (χ4v) is 6.37. The zero-order valence-electron chi connectivity index (χ0n) is 26.8. The van der Waals surface area contributed by atoms with Crippen LogP contribution in [-0.2, 0) is 0 Å². The predicted octanol–water partition coefficient (Wildman–Crippen LogP) is 11.0. The molecule has 0 amide bonds. The molecule has 0 spiro atoms. The number of fused-ring (bicyclic) bond motifs is 1. The lowest BCUT2D eigenvalue weighted by molar-refractivity contribution is 1.02. The maximum Gasteiger partial charge on any atom is 0.160 e. The first kappa shape index (κ1) is 29.2. The third-order valence-electron chi connectivity index (χ3n) is 8.61. The van der Waals surface area contributed by atoms with Crippen molar-refractivity contribution >= 4 is 10.8 Å². The van der Waals surface area contributed by atoms with Gasteiger partial charge in [-0.25, -0.2) is 19.9 Å². The van der Waals surface area contributed by atoms with E-state index in [1.165, 1.54) is 10.8 Å². The van der Waals surface area contributed by atoms with E-state index >= 15 is 0 Å². The maximum atomic E-state index is 5.19. The zero-order chi connectivity index (χ0) is 32.5. The molecule has 0 aliphatic rings. The van der Waals surface area contributed by atoms with Gasteiger partial charge in [-0.1, -0.05) is 121 Å². The van der Waals surface area contributed by atoms with E-state index < -0.39 is 0 Å². The fraction of sp³-hybridized carbons (Fsp3) is 0.0455. The van der Waals surface area contributed by atoms with E-state index in [-0.39, 0.29) is 0 Å². The number of hydrogen-bond donors (Lipinski definition) is 0. The van der Waals surface area contributed by atoms with Crippen molar-refractivity contribution in [3.8, 4) is 67.4 Å². The molecule has 2 heterocycles. The van der Waals surface area contributed by atoms with Gasteiger partial charge >= 0.3 is 0 Å². The van der Waals surface area contributed by atoms with Crippen LogP contribution in [0.5, 0.6) is 0 Å². The molecular weight excluding hydrogens is 585 g/mol. The minimum absolute atomic E-state index is 0.678. The molecule has 6 aromatic carbocycles. The Morgan fingerprint density at radius 2 is 0.896 bits per heavy atom. The molecule has 0 N–H and O–H groups in total. The molecular formula is C44H32N4. The average molecular weight is 617 g/mol. The van der Waals surface area contributed by atoms with Crippen molar-refractivity contribution in [1.29, 1.82) is 0 Å². The second kappa shape index (κ2) is 12.5. The van der Waals surface area contributed by atoms with Gasteiger partial charge in [0.2, 0.25) is 0 Å². The molecule has 0 unspecified atom stereocenters. The molecule has 228 valence electrons. The Morgan fingerprint density at radius 3 is 1.62 bits per heavy atom. The number of aromatic nitrogens is 4. The summed E-state index contributed by atoms with van der Waals surface area (Å²) in [5.41, 5.74) is 12.2. The third-order valence-corrected chi connectivity index (χ3v) is 8.61. The van der Waals surface area contributed by atoms with Crippen LogP contribution in [0.15, 0.2) is 158 Å². The van der Waals surface area contributed by atoms with Gasteiger partial charge < -0.3 is 0 Å². The molecule has 0 fully saturated rings. The van der Waals surface area contributed by atoms with E-state index in [4.69, 9.17) is 15.0 Å². The Bertz CT molecular complexity index is 2330. The van der Waals surface area contributed by atoms with Gasteiger partial charge in [0.25, 0.3) is 0 Å². The van der Waals surface area contributed by atoms with Crippen molar-refractivity contribution in [2.24, 2.45) is 0 Å². The fourth-order valence-electron chi connectivity index (χ4n) is 6.37. The van der Waals surface area contributed by atoms with E-state index in [9.17, 15) is 0 Å². The summed E-state index contributed by atoms with van der Waals surface area (Å²) in [6.45, 7) is 3.95. The minimum Gasteiger partial charge on any atom is -0.239 e. The van der Waals surface area contributed by atoms with Crippen LogP contribution in [-0.4, -0.2) is 19.9 Å². The van der Waals surface area contributed by atoms with Crippen LogP contribution in [0, 0.1) is 13.8 Å². The molecule has 2 aromatic heterocycles. The molecule has 0 aliphatic carbocycles. The Balaban J connectivity index is 1.36. The number of hydrogen-bond acceptors (Lipinski definition) is 4. The van der Waals surface area contributed by atoms with Crippen LogP contribution < -0.4 is 0 Å². The predicted molar refractivity (Wildman–Crippen MR) is 197 cm³/mol. The maximum absolute atomic E-state index is 5.19. The van der Waals surface area contributed by atoms with E-state index in [0.717, 1.165) is 73.1 Å². The molecule has 4 nitrogen and oxygen atoms in total.